The Balaban J connectivity index is 1.96. The highest BCUT2D eigenvalue weighted by Gasteiger charge is 2.00. The van der Waals surface area contributed by atoms with E-state index in [1.807, 2.05) is 24.3 Å². The molecule has 0 saturated carbocycles. The summed E-state index contributed by atoms with van der Waals surface area (Å²) in [5.41, 5.74) is 2.13. The van der Waals surface area contributed by atoms with Crippen LogP contribution in [-0.2, 0) is 13.0 Å². The highest BCUT2D eigenvalue weighted by Crippen LogP contribution is 2.23. The number of nitriles is 1. The van der Waals surface area contributed by atoms with Crippen LogP contribution in [0, 0.1) is 11.3 Å². The summed E-state index contributed by atoms with van der Waals surface area (Å²) >= 11 is 5.23. The van der Waals surface area contributed by atoms with E-state index in [-0.39, 0.29) is 0 Å². The number of rotatable bonds is 4. The summed E-state index contributed by atoms with van der Waals surface area (Å²) in [4.78, 5) is 1.28. The van der Waals surface area contributed by atoms with Gasteiger partial charge in [-0.1, -0.05) is 12.1 Å². The molecule has 2 rings (SSSR count). The third kappa shape index (κ3) is 3.32. The number of nitrogens with one attached hydrogen (secondary N) is 1. The maximum atomic E-state index is 8.58. The standard InChI is InChI=1S/C13H11BrN2S/c14-12-6-8-17-13(12)9-16-11-3-1-10(2-4-11)5-7-15/h1-4,6,8,16H,5,9H2. The number of benzene rings is 1. The second kappa shape index (κ2) is 5.85. The third-order valence-corrected chi connectivity index (χ3v) is 4.31. The van der Waals surface area contributed by atoms with Crippen molar-refractivity contribution in [2.24, 2.45) is 0 Å². The van der Waals surface area contributed by atoms with Crippen molar-refractivity contribution in [1.82, 2.24) is 0 Å². The van der Waals surface area contributed by atoms with Crippen molar-refractivity contribution in [2.75, 3.05) is 5.32 Å². The van der Waals surface area contributed by atoms with E-state index in [9.17, 15) is 0 Å². The average Bonchev–Trinajstić information content (AvgIpc) is 2.75. The molecule has 4 heteroatoms. The molecule has 17 heavy (non-hydrogen) atoms. The van der Waals surface area contributed by atoms with Crippen LogP contribution in [0.4, 0.5) is 5.69 Å². The Morgan fingerprint density at radius 3 is 2.59 bits per heavy atom. The number of anilines is 1. The number of hydrogen-bond donors (Lipinski definition) is 1. The Hall–Kier alpha value is -1.31. The number of nitrogens with zero attached hydrogens (tertiary/aromatic N) is 1. The van der Waals surface area contributed by atoms with E-state index in [4.69, 9.17) is 5.26 Å². The van der Waals surface area contributed by atoms with Gasteiger partial charge in [-0.2, -0.15) is 5.26 Å². The summed E-state index contributed by atoms with van der Waals surface area (Å²) < 4.78 is 1.15. The van der Waals surface area contributed by atoms with Crippen molar-refractivity contribution < 1.29 is 0 Å². The van der Waals surface area contributed by atoms with Gasteiger partial charge < -0.3 is 5.32 Å². The lowest BCUT2D eigenvalue weighted by Crippen LogP contribution is -1.97. The maximum absolute atomic E-state index is 8.58. The molecule has 0 aliphatic rings. The molecule has 1 heterocycles. The zero-order valence-corrected chi connectivity index (χ0v) is 11.5. The van der Waals surface area contributed by atoms with Gasteiger partial charge in [0.2, 0.25) is 0 Å². The highest BCUT2D eigenvalue weighted by molar-refractivity contribution is 9.10. The van der Waals surface area contributed by atoms with E-state index < -0.39 is 0 Å². The van der Waals surface area contributed by atoms with Crippen molar-refractivity contribution in [2.45, 2.75) is 13.0 Å². The molecule has 2 nitrogen and oxygen atoms in total. The van der Waals surface area contributed by atoms with Crippen LogP contribution in [0.5, 0.6) is 0 Å². The van der Waals surface area contributed by atoms with Crippen molar-refractivity contribution >= 4 is 33.0 Å². The second-order valence-corrected chi connectivity index (χ2v) is 5.43. The molecule has 86 valence electrons. The Kier molecular flexibility index (Phi) is 4.18. The molecular weight excluding hydrogens is 296 g/mol. The predicted molar refractivity (Wildman–Crippen MR) is 75.1 cm³/mol. The fraction of sp³-hybridized carbons (Fsp3) is 0.154. The number of halogens is 1. The van der Waals surface area contributed by atoms with Crippen LogP contribution in [0.25, 0.3) is 0 Å². The lowest BCUT2D eigenvalue weighted by molar-refractivity contribution is 1.18. The van der Waals surface area contributed by atoms with E-state index >= 15 is 0 Å². The number of thiophene rings is 1. The smallest absolute Gasteiger partial charge is 0.0669 e. The van der Waals surface area contributed by atoms with Crippen LogP contribution in [0.15, 0.2) is 40.2 Å². The van der Waals surface area contributed by atoms with E-state index in [1.54, 1.807) is 11.3 Å². The van der Waals surface area contributed by atoms with E-state index in [2.05, 4.69) is 38.8 Å². The minimum Gasteiger partial charge on any atom is -0.380 e. The fourth-order valence-corrected chi connectivity index (χ4v) is 2.90. The largest absolute Gasteiger partial charge is 0.380 e. The monoisotopic (exact) mass is 306 g/mol. The zero-order valence-electron chi connectivity index (χ0n) is 9.11. The van der Waals surface area contributed by atoms with Gasteiger partial charge in [0.05, 0.1) is 19.0 Å². The SMILES string of the molecule is N#CCc1ccc(NCc2sccc2Br)cc1. The van der Waals surface area contributed by atoms with E-state index in [1.165, 1.54) is 4.88 Å². The van der Waals surface area contributed by atoms with Crippen LogP contribution in [0.3, 0.4) is 0 Å². The van der Waals surface area contributed by atoms with Crippen LogP contribution >= 0.6 is 27.3 Å². The Bertz CT molecular complexity index is 525. The van der Waals surface area contributed by atoms with Gasteiger partial charge in [0.25, 0.3) is 0 Å². The summed E-state index contributed by atoms with van der Waals surface area (Å²) in [7, 11) is 0. The molecule has 0 saturated heterocycles. The molecule has 0 fully saturated rings. The summed E-state index contributed by atoms with van der Waals surface area (Å²) in [6, 6.07) is 12.2. The molecule has 1 aromatic heterocycles. The summed E-state index contributed by atoms with van der Waals surface area (Å²) in [5, 5.41) is 14.0. The number of hydrogen-bond acceptors (Lipinski definition) is 3. The maximum Gasteiger partial charge on any atom is 0.0669 e. The minimum absolute atomic E-state index is 0.469. The van der Waals surface area contributed by atoms with Crippen LogP contribution in [0.2, 0.25) is 0 Å². The molecule has 0 bridgehead atoms. The van der Waals surface area contributed by atoms with Gasteiger partial charge in [-0.15, -0.1) is 11.3 Å². The lowest BCUT2D eigenvalue weighted by atomic mass is 10.1. The van der Waals surface area contributed by atoms with Crippen molar-refractivity contribution in [3.05, 3.63) is 50.6 Å². The molecule has 1 N–H and O–H groups in total. The molecule has 0 aliphatic carbocycles. The molecule has 0 amide bonds. The first-order valence-corrected chi connectivity index (χ1v) is 6.88. The van der Waals surface area contributed by atoms with Gasteiger partial charge in [0.15, 0.2) is 0 Å². The predicted octanol–water partition coefficient (Wildman–Crippen LogP) is 4.19. The topological polar surface area (TPSA) is 35.8 Å². The molecule has 2 aromatic rings. The molecular formula is C13H11BrN2S. The van der Waals surface area contributed by atoms with Crippen LogP contribution in [0.1, 0.15) is 10.4 Å². The molecule has 0 atom stereocenters. The zero-order chi connectivity index (χ0) is 12.1. The molecule has 0 unspecified atom stereocenters. The van der Waals surface area contributed by atoms with Gasteiger partial charge in [-0.25, -0.2) is 0 Å². The Morgan fingerprint density at radius 2 is 2.00 bits per heavy atom. The van der Waals surface area contributed by atoms with Crippen molar-refractivity contribution in [1.29, 1.82) is 5.26 Å². The van der Waals surface area contributed by atoms with Gasteiger partial charge in [-0.05, 0) is 45.1 Å². The van der Waals surface area contributed by atoms with Crippen LogP contribution < -0.4 is 5.32 Å². The van der Waals surface area contributed by atoms with Gasteiger partial charge >= 0.3 is 0 Å². The quantitative estimate of drug-likeness (QED) is 0.919. The van der Waals surface area contributed by atoms with Crippen LogP contribution in [-0.4, -0.2) is 0 Å². The van der Waals surface area contributed by atoms with Gasteiger partial charge in [0, 0.05) is 15.0 Å². The summed E-state index contributed by atoms with van der Waals surface area (Å²) in [6.45, 7) is 0.815. The van der Waals surface area contributed by atoms with Gasteiger partial charge in [0.1, 0.15) is 0 Å². The molecule has 1 aromatic carbocycles. The first-order chi connectivity index (χ1) is 8.29. The summed E-state index contributed by atoms with van der Waals surface area (Å²) in [5.74, 6) is 0. The van der Waals surface area contributed by atoms with Crippen molar-refractivity contribution in [3.63, 3.8) is 0 Å². The normalized spacial score (nSPS) is 9.88. The Morgan fingerprint density at radius 1 is 1.24 bits per heavy atom. The minimum atomic E-state index is 0.469. The third-order valence-electron chi connectivity index (χ3n) is 2.38. The first kappa shape index (κ1) is 12.2. The summed E-state index contributed by atoms with van der Waals surface area (Å²) in [6.07, 6.45) is 0.469. The van der Waals surface area contributed by atoms with Gasteiger partial charge in [-0.3, -0.25) is 0 Å². The lowest BCUT2D eigenvalue weighted by Gasteiger charge is -2.05. The second-order valence-electron chi connectivity index (χ2n) is 3.58. The first-order valence-electron chi connectivity index (χ1n) is 5.21. The molecule has 0 spiro atoms. The highest BCUT2D eigenvalue weighted by atomic mass is 79.9. The van der Waals surface area contributed by atoms with E-state index in [0.29, 0.717) is 6.42 Å². The van der Waals surface area contributed by atoms with Crippen molar-refractivity contribution in [3.8, 4) is 6.07 Å². The molecule has 0 aliphatic heterocycles. The average molecular weight is 307 g/mol. The fourth-order valence-electron chi connectivity index (χ4n) is 1.47. The van der Waals surface area contributed by atoms with E-state index in [0.717, 1.165) is 22.3 Å². The molecule has 0 radical (unpaired) electrons. The Labute approximate surface area is 113 Å².